The summed E-state index contributed by atoms with van der Waals surface area (Å²) in [6, 6.07) is 10.8. The van der Waals surface area contributed by atoms with Gasteiger partial charge in [-0.1, -0.05) is 29.8 Å². The molecule has 2 aromatic rings. The smallest absolute Gasteiger partial charge is 0.256 e. The molecule has 1 aliphatic heterocycles. The van der Waals surface area contributed by atoms with Crippen molar-refractivity contribution in [3.8, 4) is 5.75 Å². The van der Waals surface area contributed by atoms with Gasteiger partial charge in [-0.25, -0.2) is 4.90 Å². The Morgan fingerprint density at radius 1 is 1.08 bits per heavy atom. The summed E-state index contributed by atoms with van der Waals surface area (Å²) in [5.74, 6) is 0.224. The highest BCUT2D eigenvalue weighted by atomic mass is 16.5. The Bertz CT molecular complexity index is 822. The van der Waals surface area contributed by atoms with Gasteiger partial charge in [-0.2, -0.15) is 0 Å². The topological polar surface area (TPSA) is 58.6 Å². The van der Waals surface area contributed by atoms with Crippen LogP contribution in [0.4, 0.5) is 11.4 Å². The molecule has 1 saturated heterocycles. The number of imide groups is 1. The second kappa shape index (κ2) is 6.59. The Hall–Kier alpha value is -2.82. The molecule has 130 valence electrons. The van der Waals surface area contributed by atoms with Crippen LogP contribution in [0.5, 0.6) is 5.75 Å². The van der Waals surface area contributed by atoms with Crippen LogP contribution >= 0.6 is 0 Å². The third-order valence-corrected chi connectivity index (χ3v) is 4.44. The number of rotatable bonds is 4. The summed E-state index contributed by atoms with van der Waals surface area (Å²) >= 11 is 0. The maximum atomic E-state index is 12.9. The van der Waals surface area contributed by atoms with E-state index in [4.69, 9.17) is 4.74 Å². The van der Waals surface area contributed by atoms with Gasteiger partial charge >= 0.3 is 0 Å². The quantitative estimate of drug-likeness (QED) is 0.869. The first-order chi connectivity index (χ1) is 11.9. The van der Waals surface area contributed by atoms with E-state index in [1.807, 2.05) is 57.2 Å². The van der Waals surface area contributed by atoms with E-state index < -0.39 is 6.04 Å². The normalized spacial score (nSPS) is 17.1. The number of nitrogens with zero attached hydrogens (tertiary/aromatic N) is 1. The van der Waals surface area contributed by atoms with Crippen molar-refractivity contribution in [2.45, 2.75) is 33.2 Å². The van der Waals surface area contributed by atoms with Crippen LogP contribution in [-0.2, 0) is 9.59 Å². The van der Waals surface area contributed by atoms with Gasteiger partial charge in [0.25, 0.3) is 5.91 Å². The van der Waals surface area contributed by atoms with Gasteiger partial charge in [0.15, 0.2) is 0 Å². The summed E-state index contributed by atoms with van der Waals surface area (Å²) in [7, 11) is 1.58. The molecule has 1 unspecified atom stereocenters. The summed E-state index contributed by atoms with van der Waals surface area (Å²) in [5, 5.41) is 3.15. The minimum absolute atomic E-state index is 0.129. The first kappa shape index (κ1) is 17.0. The molecule has 2 amide bonds. The lowest BCUT2D eigenvalue weighted by atomic mass is 10.0. The number of nitrogens with one attached hydrogen (secondary N) is 1. The number of methoxy groups -OCH3 is 1. The molecule has 0 saturated carbocycles. The largest absolute Gasteiger partial charge is 0.495 e. The number of hydrogen-bond donors (Lipinski definition) is 1. The van der Waals surface area contributed by atoms with Gasteiger partial charge in [0.2, 0.25) is 5.91 Å². The zero-order chi connectivity index (χ0) is 18.1. The van der Waals surface area contributed by atoms with Crippen molar-refractivity contribution >= 4 is 23.2 Å². The van der Waals surface area contributed by atoms with Crippen molar-refractivity contribution in [2.75, 3.05) is 17.3 Å². The fourth-order valence-electron chi connectivity index (χ4n) is 3.46. The van der Waals surface area contributed by atoms with Crippen LogP contribution in [0.15, 0.2) is 36.4 Å². The predicted molar refractivity (Wildman–Crippen MR) is 98.2 cm³/mol. The Balaban J connectivity index is 1.91. The van der Waals surface area contributed by atoms with Crippen molar-refractivity contribution in [2.24, 2.45) is 0 Å². The lowest BCUT2D eigenvalue weighted by Gasteiger charge is -2.21. The Kier molecular flexibility index (Phi) is 4.49. The number of aryl methyl sites for hydroxylation is 3. The molecule has 1 atom stereocenters. The zero-order valence-corrected chi connectivity index (χ0v) is 14.9. The van der Waals surface area contributed by atoms with E-state index in [-0.39, 0.29) is 18.2 Å². The number of anilines is 2. The molecule has 1 fully saturated rings. The minimum Gasteiger partial charge on any atom is -0.495 e. The Morgan fingerprint density at radius 3 is 2.36 bits per heavy atom. The SMILES string of the molecule is COc1ccccc1NC1CC(=O)N(c2c(C)cc(C)cc2C)C1=O. The first-order valence-corrected chi connectivity index (χ1v) is 8.26. The molecule has 0 spiro atoms. The molecule has 3 rings (SSSR count). The van der Waals surface area contributed by atoms with Gasteiger partial charge in [-0.15, -0.1) is 0 Å². The van der Waals surface area contributed by atoms with Gasteiger partial charge in [-0.3, -0.25) is 9.59 Å². The summed E-state index contributed by atoms with van der Waals surface area (Å²) in [6.45, 7) is 5.86. The van der Waals surface area contributed by atoms with Gasteiger partial charge < -0.3 is 10.1 Å². The number of para-hydroxylation sites is 2. The van der Waals surface area contributed by atoms with Crippen LogP contribution in [0.25, 0.3) is 0 Å². The van der Waals surface area contributed by atoms with E-state index >= 15 is 0 Å². The minimum atomic E-state index is -0.594. The molecule has 5 nitrogen and oxygen atoms in total. The highest BCUT2D eigenvalue weighted by Crippen LogP contribution is 2.33. The van der Waals surface area contributed by atoms with E-state index in [1.165, 1.54) is 4.90 Å². The average Bonchev–Trinajstić information content (AvgIpc) is 2.82. The van der Waals surface area contributed by atoms with Crippen molar-refractivity contribution in [3.63, 3.8) is 0 Å². The van der Waals surface area contributed by atoms with Crippen molar-refractivity contribution < 1.29 is 14.3 Å². The molecule has 1 N–H and O–H groups in total. The molecule has 0 aromatic heterocycles. The second-order valence-corrected chi connectivity index (χ2v) is 6.42. The number of ether oxygens (including phenoxy) is 1. The molecule has 1 heterocycles. The highest BCUT2D eigenvalue weighted by molar-refractivity contribution is 6.23. The number of carbonyl (C=O) groups is 2. The van der Waals surface area contributed by atoms with Crippen molar-refractivity contribution in [3.05, 3.63) is 53.1 Å². The van der Waals surface area contributed by atoms with Crippen LogP contribution in [0.3, 0.4) is 0 Å². The summed E-state index contributed by atoms with van der Waals surface area (Å²) in [6.07, 6.45) is 0.129. The van der Waals surface area contributed by atoms with Gasteiger partial charge in [0.1, 0.15) is 11.8 Å². The monoisotopic (exact) mass is 338 g/mol. The summed E-state index contributed by atoms with van der Waals surface area (Å²) < 4.78 is 5.31. The number of carbonyl (C=O) groups excluding carboxylic acids is 2. The fourth-order valence-corrected chi connectivity index (χ4v) is 3.46. The molecule has 5 heteroatoms. The number of hydrogen-bond acceptors (Lipinski definition) is 4. The van der Waals surface area contributed by atoms with Gasteiger partial charge in [-0.05, 0) is 44.0 Å². The average molecular weight is 338 g/mol. The van der Waals surface area contributed by atoms with Crippen LogP contribution in [-0.4, -0.2) is 25.0 Å². The van der Waals surface area contributed by atoms with Crippen LogP contribution in [0, 0.1) is 20.8 Å². The molecule has 2 aromatic carbocycles. The van der Waals surface area contributed by atoms with Gasteiger partial charge in [0.05, 0.1) is 24.9 Å². The first-order valence-electron chi connectivity index (χ1n) is 8.26. The molecular formula is C20H22N2O3. The van der Waals surface area contributed by atoms with E-state index in [2.05, 4.69) is 5.32 Å². The third kappa shape index (κ3) is 3.09. The van der Waals surface area contributed by atoms with Crippen molar-refractivity contribution in [1.29, 1.82) is 0 Å². The number of benzene rings is 2. The van der Waals surface area contributed by atoms with Gasteiger partial charge in [0, 0.05) is 0 Å². The highest BCUT2D eigenvalue weighted by Gasteiger charge is 2.41. The molecule has 0 bridgehead atoms. The molecule has 0 radical (unpaired) electrons. The lowest BCUT2D eigenvalue weighted by Crippen LogP contribution is -2.35. The fraction of sp³-hybridized carbons (Fsp3) is 0.300. The van der Waals surface area contributed by atoms with Crippen molar-refractivity contribution in [1.82, 2.24) is 0 Å². The maximum absolute atomic E-state index is 12.9. The summed E-state index contributed by atoms with van der Waals surface area (Å²) in [5.41, 5.74) is 4.37. The lowest BCUT2D eigenvalue weighted by molar-refractivity contribution is -0.121. The molecule has 0 aliphatic carbocycles. The Morgan fingerprint density at radius 2 is 1.72 bits per heavy atom. The van der Waals surface area contributed by atoms with Crippen LogP contribution in [0.1, 0.15) is 23.1 Å². The van der Waals surface area contributed by atoms with E-state index in [0.717, 1.165) is 16.7 Å². The zero-order valence-electron chi connectivity index (χ0n) is 14.9. The Labute approximate surface area is 147 Å². The van der Waals surface area contributed by atoms with Crippen LogP contribution < -0.4 is 15.0 Å². The van der Waals surface area contributed by atoms with E-state index in [9.17, 15) is 9.59 Å². The standard InChI is InChI=1S/C20H22N2O3/c1-12-9-13(2)19(14(3)10-12)22-18(23)11-16(20(22)24)21-15-7-5-6-8-17(15)25-4/h5-10,16,21H,11H2,1-4H3. The van der Waals surface area contributed by atoms with E-state index in [0.29, 0.717) is 17.1 Å². The molecule has 25 heavy (non-hydrogen) atoms. The molecular weight excluding hydrogens is 316 g/mol. The predicted octanol–water partition coefficient (Wildman–Crippen LogP) is 3.36. The summed E-state index contributed by atoms with van der Waals surface area (Å²) in [4.78, 5) is 26.8. The maximum Gasteiger partial charge on any atom is 0.256 e. The molecule has 1 aliphatic rings. The third-order valence-electron chi connectivity index (χ3n) is 4.44. The second-order valence-electron chi connectivity index (χ2n) is 6.42. The van der Waals surface area contributed by atoms with Crippen LogP contribution in [0.2, 0.25) is 0 Å². The number of amides is 2. The van der Waals surface area contributed by atoms with E-state index in [1.54, 1.807) is 7.11 Å².